The Morgan fingerprint density at radius 3 is 2.57 bits per heavy atom. The summed E-state index contributed by atoms with van der Waals surface area (Å²) >= 11 is 0. The van der Waals surface area contributed by atoms with Gasteiger partial charge in [0.2, 0.25) is 11.7 Å². The van der Waals surface area contributed by atoms with Crippen LogP contribution in [-0.4, -0.2) is 32.4 Å². The third-order valence-electron chi connectivity index (χ3n) is 4.85. The minimum atomic E-state index is -0.485. The Hall–Kier alpha value is -3.55. The van der Waals surface area contributed by atoms with Gasteiger partial charge in [0.15, 0.2) is 0 Å². The van der Waals surface area contributed by atoms with Gasteiger partial charge in [-0.3, -0.25) is 14.9 Å². The summed E-state index contributed by atoms with van der Waals surface area (Å²) in [5.74, 6) is 0.705. The highest BCUT2D eigenvalue weighted by Gasteiger charge is 2.33. The summed E-state index contributed by atoms with van der Waals surface area (Å²) in [7, 11) is 0. The van der Waals surface area contributed by atoms with Crippen molar-refractivity contribution in [3.63, 3.8) is 0 Å². The Balaban J connectivity index is 1.59. The van der Waals surface area contributed by atoms with Gasteiger partial charge >= 0.3 is 0 Å². The molecule has 1 saturated heterocycles. The van der Waals surface area contributed by atoms with E-state index >= 15 is 0 Å². The smallest absolute Gasteiger partial charge is 0.269 e. The van der Waals surface area contributed by atoms with Crippen molar-refractivity contribution in [1.82, 2.24) is 15.0 Å². The zero-order valence-corrected chi connectivity index (χ0v) is 15.0. The Morgan fingerprint density at radius 2 is 1.86 bits per heavy atom. The first-order valence-electron chi connectivity index (χ1n) is 9.08. The van der Waals surface area contributed by atoms with Crippen molar-refractivity contribution in [2.75, 3.05) is 6.54 Å². The highest BCUT2D eigenvalue weighted by atomic mass is 16.6. The molecule has 8 nitrogen and oxygen atoms in total. The van der Waals surface area contributed by atoms with Gasteiger partial charge in [-0.05, 0) is 31.4 Å². The zero-order chi connectivity index (χ0) is 19.5. The monoisotopic (exact) mass is 378 g/mol. The van der Waals surface area contributed by atoms with Crippen molar-refractivity contribution in [2.45, 2.75) is 25.3 Å². The average Bonchev–Trinajstić information content (AvgIpc) is 3.24. The fraction of sp³-hybridized carbons (Fsp3) is 0.250. The topological polar surface area (TPSA) is 102 Å². The van der Waals surface area contributed by atoms with Crippen LogP contribution in [0.25, 0.3) is 11.4 Å². The number of amides is 1. The molecule has 1 aliphatic heterocycles. The molecule has 8 heteroatoms. The van der Waals surface area contributed by atoms with Crippen LogP contribution in [0.15, 0.2) is 59.1 Å². The number of non-ortho nitro benzene ring substituents is 1. The summed E-state index contributed by atoms with van der Waals surface area (Å²) in [6, 6.07) is 14.8. The molecule has 0 N–H and O–H groups in total. The number of carbonyl (C=O) groups excluding carboxylic acids is 1. The Kier molecular flexibility index (Phi) is 4.84. The average molecular weight is 378 g/mol. The van der Waals surface area contributed by atoms with Crippen molar-refractivity contribution in [2.24, 2.45) is 0 Å². The summed E-state index contributed by atoms with van der Waals surface area (Å²) in [5, 5.41) is 14.9. The van der Waals surface area contributed by atoms with E-state index in [4.69, 9.17) is 4.52 Å². The van der Waals surface area contributed by atoms with Gasteiger partial charge in [-0.2, -0.15) is 4.98 Å². The highest BCUT2D eigenvalue weighted by molar-refractivity contribution is 5.94. The Labute approximate surface area is 160 Å². The molecule has 0 saturated carbocycles. The van der Waals surface area contributed by atoms with Crippen LogP contribution in [0.2, 0.25) is 0 Å². The molecule has 1 aliphatic rings. The fourth-order valence-corrected chi connectivity index (χ4v) is 3.40. The summed E-state index contributed by atoms with van der Waals surface area (Å²) < 4.78 is 5.48. The normalized spacial score (nSPS) is 16.7. The minimum absolute atomic E-state index is 0.0452. The molecule has 0 bridgehead atoms. The molecule has 2 heterocycles. The largest absolute Gasteiger partial charge is 0.337 e. The number of nitrogens with zero attached hydrogens (tertiary/aromatic N) is 4. The maximum Gasteiger partial charge on any atom is 0.269 e. The summed E-state index contributed by atoms with van der Waals surface area (Å²) in [4.78, 5) is 29.6. The Morgan fingerprint density at radius 1 is 1.11 bits per heavy atom. The summed E-state index contributed by atoms with van der Waals surface area (Å²) in [6.07, 6.45) is 2.57. The van der Waals surface area contributed by atoms with Crippen LogP contribution in [0.5, 0.6) is 0 Å². The molecule has 28 heavy (non-hydrogen) atoms. The van der Waals surface area contributed by atoms with E-state index < -0.39 is 4.92 Å². The lowest BCUT2D eigenvalue weighted by atomic mass is 10.0. The predicted molar refractivity (Wildman–Crippen MR) is 100 cm³/mol. The van der Waals surface area contributed by atoms with E-state index in [-0.39, 0.29) is 17.6 Å². The first kappa shape index (κ1) is 17.8. The molecule has 0 radical (unpaired) electrons. The maximum atomic E-state index is 13.0. The molecule has 1 atom stereocenters. The first-order chi connectivity index (χ1) is 13.6. The van der Waals surface area contributed by atoms with Gasteiger partial charge < -0.3 is 9.42 Å². The van der Waals surface area contributed by atoms with E-state index in [0.717, 1.165) is 24.8 Å². The van der Waals surface area contributed by atoms with Crippen LogP contribution in [0.1, 0.15) is 41.6 Å². The van der Waals surface area contributed by atoms with Crippen LogP contribution in [0.3, 0.4) is 0 Å². The molecule has 1 unspecified atom stereocenters. The van der Waals surface area contributed by atoms with Gasteiger partial charge in [-0.25, -0.2) is 0 Å². The van der Waals surface area contributed by atoms with E-state index in [2.05, 4.69) is 10.1 Å². The molecule has 2 aromatic carbocycles. The van der Waals surface area contributed by atoms with Crippen molar-refractivity contribution in [3.8, 4) is 11.4 Å². The standard InChI is InChI=1S/C20H18N4O4/c25-20(15-9-11-16(12-10-15)24(26)27)23-13-5-4-8-17(23)19-21-18(22-28-19)14-6-2-1-3-7-14/h1-3,6-7,9-12,17H,4-5,8,13H2. The SMILES string of the molecule is O=C(c1ccc([N+](=O)[O-])cc1)N1CCCCC1c1nc(-c2ccccc2)no1. The lowest BCUT2D eigenvalue weighted by Crippen LogP contribution is -2.38. The molecule has 3 aromatic rings. The molecule has 142 valence electrons. The lowest BCUT2D eigenvalue weighted by Gasteiger charge is -2.33. The third kappa shape index (κ3) is 3.48. The van der Waals surface area contributed by atoms with Crippen LogP contribution in [-0.2, 0) is 0 Å². The fourth-order valence-electron chi connectivity index (χ4n) is 3.40. The van der Waals surface area contributed by atoms with E-state index in [1.165, 1.54) is 24.3 Å². The Bertz CT molecular complexity index is 985. The number of aromatic nitrogens is 2. The van der Waals surface area contributed by atoms with E-state index in [9.17, 15) is 14.9 Å². The highest BCUT2D eigenvalue weighted by Crippen LogP contribution is 2.32. The van der Waals surface area contributed by atoms with E-state index in [1.807, 2.05) is 30.3 Å². The molecular weight excluding hydrogens is 360 g/mol. The van der Waals surface area contributed by atoms with Gasteiger partial charge in [-0.15, -0.1) is 0 Å². The van der Waals surface area contributed by atoms with Crippen LogP contribution in [0.4, 0.5) is 5.69 Å². The van der Waals surface area contributed by atoms with Crippen molar-refractivity contribution in [1.29, 1.82) is 0 Å². The second-order valence-corrected chi connectivity index (χ2v) is 6.64. The second-order valence-electron chi connectivity index (χ2n) is 6.64. The van der Waals surface area contributed by atoms with E-state index in [0.29, 0.717) is 23.8 Å². The zero-order valence-electron chi connectivity index (χ0n) is 15.0. The van der Waals surface area contributed by atoms with Crippen LogP contribution in [0, 0.1) is 10.1 Å². The molecular formula is C20H18N4O4. The van der Waals surface area contributed by atoms with Crippen molar-refractivity contribution >= 4 is 11.6 Å². The number of hydrogen-bond acceptors (Lipinski definition) is 6. The number of piperidine rings is 1. The molecule has 4 rings (SSSR count). The van der Waals surface area contributed by atoms with Gasteiger partial charge in [0.25, 0.3) is 11.6 Å². The first-order valence-corrected chi connectivity index (χ1v) is 9.08. The van der Waals surface area contributed by atoms with Crippen molar-refractivity contribution in [3.05, 3.63) is 76.2 Å². The van der Waals surface area contributed by atoms with Gasteiger partial charge in [0.1, 0.15) is 6.04 Å². The quantitative estimate of drug-likeness (QED) is 0.502. The minimum Gasteiger partial charge on any atom is -0.337 e. The molecule has 1 fully saturated rings. The lowest BCUT2D eigenvalue weighted by molar-refractivity contribution is -0.384. The van der Waals surface area contributed by atoms with Gasteiger partial charge in [0.05, 0.1) is 4.92 Å². The molecule has 0 spiro atoms. The molecule has 1 aromatic heterocycles. The number of likely N-dealkylation sites (tertiary alicyclic amines) is 1. The number of hydrogen-bond donors (Lipinski definition) is 0. The van der Waals surface area contributed by atoms with Gasteiger partial charge in [-0.1, -0.05) is 35.5 Å². The second kappa shape index (κ2) is 7.59. The van der Waals surface area contributed by atoms with Crippen LogP contribution >= 0.6 is 0 Å². The number of rotatable bonds is 4. The van der Waals surface area contributed by atoms with Gasteiger partial charge in [0, 0.05) is 29.8 Å². The maximum absolute atomic E-state index is 13.0. The van der Waals surface area contributed by atoms with Crippen molar-refractivity contribution < 1.29 is 14.2 Å². The third-order valence-corrected chi connectivity index (χ3v) is 4.85. The summed E-state index contributed by atoms with van der Waals surface area (Å²) in [6.45, 7) is 0.573. The molecule has 1 amide bonds. The summed E-state index contributed by atoms with van der Waals surface area (Å²) in [5.41, 5.74) is 1.21. The van der Waals surface area contributed by atoms with Crippen LogP contribution < -0.4 is 0 Å². The van der Waals surface area contributed by atoms with E-state index in [1.54, 1.807) is 4.90 Å². The number of nitro benzene ring substituents is 1. The number of nitro groups is 1. The molecule has 0 aliphatic carbocycles. The number of carbonyl (C=O) groups is 1. The predicted octanol–water partition coefficient (Wildman–Crippen LogP) is 4.01. The number of benzene rings is 2.